The summed E-state index contributed by atoms with van der Waals surface area (Å²) < 4.78 is 39.4. The molecule has 1 saturated heterocycles. The maximum Gasteiger partial charge on any atom is 0.291 e. The van der Waals surface area contributed by atoms with Crippen LogP contribution in [0.25, 0.3) is 11.0 Å². The Hall–Kier alpha value is -3.79. The van der Waals surface area contributed by atoms with Gasteiger partial charge >= 0.3 is 0 Å². The Labute approximate surface area is 226 Å². The van der Waals surface area contributed by atoms with Crippen LogP contribution in [0, 0.1) is 6.92 Å². The van der Waals surface area contributed by atoms with Crippen LogP contribution < -0.4 is 10.1 Å². The van der Waals surface area contributed by atoms with E-state index in [1.165, 1.54) is 12.1 Å². The van der Waals surface area contributed by atoms with Gasteiger partial charge in [-0.15, -0.1) is 0 Å². The minimum atomic E-state index is -3.25. The second-order valence-electron chi connectivity index (χ2n) is 10.4. The van der Waals surface area contributed by atoms with Gasteiger partial charge in [0, 0.05) is 25.2 Å². The van der Waals surface area contributed by atoms with Crippen molar-refractivity contribution in [1.82, 2.24) is 19.4 Å². The number of likely N-dealkylation sites (tertiary alicyclic amines) is 1. The van der Waals surface area contributed by atoms with E-state index >= 15 is 8.78 Å². The van der Waals surface area contributed by atoms with Gasteiger partial charge in [0.2, 0.25) is 11.9 Å². The van der Waals surface area contributed by atoms with E-state index in [0.29, 0.717) is 30.6 Å². The van der Waals surface area contributed by atoms with Crippen molar-refractivity contribution in [2.24, 2.45) is 0 Å². The van der Waals surface area contributed by atoms with Gasteiger partial charge in [-0.1, -0.05) is 24.3 Å². The molecule has 2 aliphatic heterocycles. The molecule has 1 N–H and O–H groups in total. The maximum atomic E-state index is 16.0. The fraction of sp³-hybridized carbons (Fsp3) is 0.414. The highest BCUT2D eigenvalue weighted by Crippen LogP contribution is 2.44. The van der Waals surface area contributed by atoms with E-state index in [1.54, 1.807) is 45.7 Å². The molecule has 3 heterocycles. The molecule has 0 saturated carbocycles. The first-order valence-corrected chi connectivity index (χ1v) is 13.2. The first-order chi connectivity index (χ1) is 18.7. The van der Waals surface area contributed by atoms with Crippen LogP contribution in [-0.2, 0) is 10.7 Å². The molecule has 39 heavy (non-hydrogen) atoms. The highest BCUT2D eigenvalue weighted by molar-refractivity contribution is 6.04. The molecule has 0 spiro atoms. The predicted molar refractivity (Wildman–Crippen MR) is 145 cm³/mol. The number of aryl methyl sites for hydroxylation is 1. The fourth-order valence-corrected chi connectivity index (χ4v) is 5.52. The van der Waals surface area contributed by atoms with Gasteiger partial charge in [0.05, 0.1) is 29.2 Å². The number of nitrogens with zero attached hydrogens (tertiary/aromatic N) is 4. The number of hydrogen-bond acceptors (Lipinski definition) is 5. The average molecular weight is 538 g/mol. The highest BCUT2D eigenvalue weighted by Gasteiger charge is 2.42. The molecule has 8 nitrogen and oxygen atoms in total. The van der Waals surface area contributed by atoms with Crippen molar-refractivity contribution in [3.05, 3.63) is 65.7 Å². The first-order valence-electron chi connectivity index (χ1n) is 13.2. The monoisotopic (exact) mass is 537 g/mol. The zero-order valence-corrected chi connectivity index (χ0v) is 22.3. The number of benzene rings is 2. The molecule has 2 aromatic carbocycles. The Balaban J connectivity index is 1.70. The van der Waals surface area contributed by atoms with Crippen LogP contribution in [0.15, 0.2) is 49.1 Å². The van der Waals surface area contributed by atoms with Crippen molar-refractivity contribution in [3.63, 3.8) is 0 Å². The fourth-order valence-electron chi connectivity index (χ4n) is 5.52. The zero-order valence-electron chi connectivity index (χ0n) is 22.3. The number of carbonyl (C=O) groups excluding carboxylic acids is 2. The summed E-state index contributed by atoms with van der Waals surface area (Å²) >= 11 is 0. The molecule has 206 valence electrons. The summed E-state index contributed by atoms with van der Waals surface area (Å²) in [5.41, 5.74) is 1.64. The number of alkyl halides is 2. The number of likely N-dealkylation sites (N-methyl/N-ethyl adjacent to an activating group) is 1. The SMILES string of the molecule is C=CC(=O)N1CCCC[C@@H](n2c(NC(=O)c3cccc(C)c3)nc3ccc4c(c32)C(F)(F)CN(C)CCO4)C1. The molecule has 1 aromatic heterocycles. The highest BCUT2D eigenvalue weighted by atomic mass is 19.3. The van der Waals surface area contributed by atoms with Crippen LogP contribution in [0.2, 0.25) is 0 Å². The smallest absolute Gasteiger partial charge is 0.291 e. The lowest BCUT2D eigenvalue weighted by Gasteiger charge is -2.31. The number of fused-ring (bicyclic) bond motifs is 3. The third-order valence-electron chi connectivity index (χ3n) is 7.38. The third-order valence-corrected chi connectivity index (χ3v) is 7.38. The van der Waals surface area contributed by atoms with E-state index in [-0.39, 0.29) is 41.8 Å². The molecule has 3 aromatic rings. The summed E-state index contributed by atoms with van der Waals surface area (Å²) in [4.78, 5) is 33.8. The number of rotatable bonds is 4. The largest absolute Gasteiger partial charge is 0.492 e. The summed E-state index contributed by atoms with van der Waals surface area (Å²) in [6.45, 7) is 6.48. The first kappa shape index (κ1) is 26.8. The van der Waals surface area contributed by atoms with Crippen LogP contribution >= 0.6 is 0 Å². The van der Waals surface area contributed by atoms with Gasteiger partial charge in [-0.2, -0.15) is 8.78 Å². The number of ether oxygens (including phenoxy) is 1. The topological polar surface area (TPSA) is 79.7 Å². The summed E-state index contributed by atoms with van der Waals surface area (Å²) in [5, 5.41) is 2.88. The van der Waals surface area contributed by atoms with Crippen LogP contribution in [0.4, 0.5) is 14.7 Å². The molecule has 1 fully saturated rings. The van der Waals surface area contributed by atoms with Crippen LogP contribution in [0.3, 0.4) is 0 Å². The van der Waals surface area contributed by atoms with Gasteiger partial charge in [-0.25, -0.2) is 4.98 Å². The second-order valence-corrected chi connectivity index (χ2v) is 10.4. The molecular weight excluding hydrogens is 504 g/mol. The Morgan fingerprint density at radius 2 is 2.03 bits per heavy atom. The minimum Gasteiger partial charge on any atom is -0.492 e. The number of imidazole rings is 1. The molecule has 0 bridgehead atoms. The van der Waals surface area contributed by atoms with E-state index in [9.17, 15) is 9.59 Å². The van der Waals surface area contributed by atoms with Gasteiger partial charge in [-0.3, -0.25) is 19.8 Å². The van der Waals surface area contributed by atoms with E-state index in [0.717, 1.165) is 18.4 Å². The molecule has 0 unspecified atom stereocenters. The van der Waals surface area contributed by atoms with E-state index in [2.05, 4.69) is 16.9 Å². The number of nitrogens with one attached hydrogen (secondary N) is 1. The summed E-state index contributed by atoms with van der Waals surface area (Å²) in [6.07, 6.45) is 3.44. The number of aromatic nitrogens is 2. The van der Waals surface area contributed by atoms with E-state index < -0.39 is 24.4 Å². The van der Waals surface area contributed by atoms with Gasteiger partial charge in [-0.05, 0) is 63.6 Å². The quantitative estimate of drug-likeness (QED) is 0.486. The molecule has 0 aliphatic carbocycles. The normalized spacial score (nSPS) is 19.8. The van der Waals surface area contributed by atoms with Gasteiger partial charge < -0.3 is 14.2 Å². The van der Waals surface area contributed by atoms with E-state index in [1.807, 2.05) is 13.0 Å². The van der Waals surface area contributed by atoms with E-state index in [4.69, 9.17) is 4.74 Å². The Kier molecular flexibility index (Phi) is 7.40. The molecule has 5 rings (SSSR count). The van der Waals surface area contributed by atoms with Gasteiger partial charge in [0.15, 0.2) is 0 Å². The maximum absolute atomic E-state index is 16.0. The van der Waals surface area contributed by atoms with Crippen molar-refractivity contribution in [2.75, 3.05) is 45.2 Å². The number of anilines is 1. The van der Waals surface area contributed by atoms with Crippen LogP contribution in [-0.4, -0.2) is 71.0 Å². The lowest BCUT2D eigenvalue weighted by Crippen LogP contribution is -2.38. The van der Waals surface area contributed by atoms with Crippen molar-refractivity contribution in [1.29, 1.82) is 0 Å². The van der Waals surface area contributed by atoms with Crippen molar-refractivity contribution in [2.45, 2.75) is 38.2 Å². The predicted octanol–water partition coefficient (Wildman–Crippen LogP) is 4.75. The van der Waals surface area contributed by atoms with Gasteiger partial charge in [0.1, 0.15) is 12.4 Å². The lowest BCUT2D eigenvalue weighted by molar-refractivity contribution is -0.126. The number of hydrogen-bond donors (Lipinski definition) is 1. The Bertz CT molecular complexity index is 1420. The zero-order chi connectivity index (χ0) is 27.7. The molecule has 2 aliphatic rings. The molecule has 2 amide bonds. The van der Waals surface area contributed by atoms with Crippen LogP contribution in [0.5, 0.6) is 5.75 Å². The van der Waals surface area contributed by atoms with Crippen molar-refractivity contribution < 1.29 is 23.1 Å². The molecular formula is C29H33F2N5O3. The van der Waals surface area contributed by atoms with Crippen molar-refractivity contribution in [3.8, 4) is 5.75 Å². The second kappa shape index (κ2) is 10.8. The standard InChI is InChI=1S/C29H33F2N5O3/c1-4-24(37)35-13-6-5-10-21(17-35)36-26-22(32-28(36)33-27(38)20-9-7-8-19(2)16-20)11-12-23-25(26)29(30,31)18-34(3)14-15-39-23/h4,7-9,11-12,16,21H,1,5-6,10,13-15,17-18H2,2-3H3,(H,32,33,38)/t21-/m1/s1. The number of halogens is 2. The molecule has 10 heteroatoms. The Morgan fingerprint density at radius 3 is 2.79 bits per heavy atom. The lowest BCUT2D eigenvalue weighted by atomic mass is 10.0. The minimum absolute atomic E-state index is 0.103. The summed E-state index contributed by atoms with van der Waals surface area (Å²) in [7, 11) is 1.64. The summed E-state index contributed by atoms with van der Waals surface area (Å²) in [5.74, 6) is -3.60. The average Bonchev–Trinajstić information content (AvgIpc) is 3.06. The third kappa shape index (κ3) is 5.38. The number of carbonyl (C=O) groups is 2. The van der Waals surface area contributed by atoms with Gasteiger partial charge in [0.25, 0.3) is 11.8 Å². The summed E-state index contributed by atoms with van der Waals surface area (Å²) in [6, 6.07) is 9.90. The van der Waals surface area contributed by atoms with Crippen molar-refractivity contribution >= 4 is 28.8 Å². The molecule has 0 radical (unpaired) electrons. The number of amides is 2. The Morgan fingerprint density at radius 1 is 1.21 bits per heavy atom. The molecule has 1 atom stereocenters. The van der Waals surface area contributed by atoms with Crippen LogP contribution in [0.1, 0.15) is 46.8 Å².